The zero-order valence-corrected chi connectivity index (χ0v) is 23.6. The SMILES string of the molecule is Cn1nc(C2CC2)cc1C(=O)NCc1c(F)ccc(OCc2ccc(C(=O)N3CCN(S(C)(=O)=O)CC3)cc2)c1F. The van der Waals surface area contributed by atoms with Gasteiger partial charge in [-0.25, -0.2) is 17.2 Å². The van der Waals surface area contributed by atoms with E-state index in [0.717, 1.165) is 30.9 Å². The normalized spacial score (nSPS) is 16.0. The Balaban J connectivity index is 1.17. The average molecular weight is 588 g/mol. The van der Waals surface area contributed by atoms with Gasteiger partial charge in [0.1, 0.15) is 18.1 Å². The Labute approximate surface area is 236 Å². The second kappa shape index (κ2) is 11.6. The Bertz CT molecular complexity index is 1560. The molecule has 41 heavy (non-hydrogen) atoms. The third kappa shape index (κ3) is 6.57. The summed E-state index contributed by atoms with van der Waals surface area (Å²) in [5.41, 5.74) is 1.93. The van der Waals surface area contributed by atoms with Crippen molar-refractivity contribution in [1.29, 1.82) is 0 Å². The summed E-state index contributed by atoms with van der Waals surface area (Å²) < 4.78 is 61.4. The number of piperazine rings is 1. The summed E-state index contributed by atoms with van der Waals surface area (Å²) in [5.74, 6) is -2.21. The van der Waals surface area contributed by atoms with Crippen LogP contribution in [0.5, 0.6) is 5.75 Å². The maximum absolute atomic E-state index is 15.1. The highest BCUT2D eigenvalue weighted by Crippen LogP contribution is 2.39. The average Bonchev–Trinajstić information content (AvgIpc) is 3.73. The van der Waals surface area contributed by atoms with Crippen molar-refractivity contribution in [1.82, 2.24) is 24.3 Å². The summed E-state index contributed by atoms with van der Waals surface area (Å²) in [6.07, 6.45) is 3.22. The van der Waals surface area contributed by atoms with Crippen LogP contribution in [-0.2, 0) is 30.2 Å². The minimum Gasteiger partial charge on any atom is -0.486 e. The van der Waals surface area contributed by atoms with Crippen LogP contribution in [0, 0.1) is 11.6 Å². The van der Waals surface area contributed by atoms with Crippen LogP contribution in [0.25, 0.3) is 0 Å². The van der Waals surface area contributed by atoms with E-state index >= 15 is 4.39 Å². The molecule has 10 nitrogen and oxygen atoms in total. The van der Waals surface area contributed by atoms with Crippen LogP contribution in [0.2, 0.25) is 0 Å². The van der Waals surface area contributed by atoms with Crippen LogP contribution in [0.3, 0.4) is 0 Å². The fraction of sp³-hybridized carbons (Fsp3) is 0.393. The molecule has 3 aromatic rings. The largest absolute Gasteiger partial charge is 0.486 e. The minimum atomic E-state index is -3.29. The first-order chi connectivity index (χ1) is 19.5. The highest BCUT2D eigenvalue weighted by Gasteiger charge is 2.29. The second-order valence-corrected chi connectivity index (χ2v) is 12.3. The molecule has 0 bridgehead atoms. The molecule has 5 rings (SSSR count). The molecule has 1 saturated heterocycles. The van der Waals surface area contributed by atoms with E-state index < -0.39 is 27.6 Å². The lowest BCUT2D eigenvalue weighted by molar-refractivity contribution is 0.0698. The first-order valence-corrected chi connectivity index (χ1v) is 15.1. The van der Waals surface area contributed by atoms with E-state index in [-0.39, 0.29) is 43.5 Å². The lowest BCUT2D eigenvalue weighted by Gasteiger charge is -2.33. The van der Waals surface area contributed by atoms with E-state index in [1.807, 2.05) is 0 Å². The van der Waals surface area contributed by atoms with E-state index in [4.69, 9.17) is 4.74 Å². The number of carbonyl (C=O) groups is 2. The maximum atomic E-state index is 15.1. The minimum absolute atomic E-state index is 0.0329. The molecule has 2 fully saturated rings. The summed E-state index contributed by atoms with van der Waals surface area (Å²) >= 11 is 0. The number of ether oxygens (including phenoxy) is 1. The third-order valence-electron chi connectivity index (χ3n) is 7.29. The van der Waals surface area contributed by atoms with Crippen LogP contribution in [0.1, 0.15) is 56.4 Å². The highest BCUT2D eigenvalue weighted by atomic mass is 32.2. The first kappa shape index (κ1) is 28.7. The van der Waals surface area contributed by atoms with Crippen LogP contribution in [-0.4, -0.2) is 71.7 Å². The summed E-state index contributed by atoms with van der Waals surface area (Å²) in [6, 6.07) is 10.6. The van der Waals surface area contributed by atoms with Crippen molar-refractivity contribution in [3.63, 3.8) is 0 Å². The number of hydrogen-bond acceptors (Lipinski definition) is 6. The fourth-order valence-corrected chi connectivity index (χ4v) is 5.53. The van der Waals surface area contributed by atoms with Crippen LogP contribution >= 0.6 is 0 Å². The van der Waals surface area contributed by atoms with Gasteiger partial charge in [-0.3, -0.25) is 14.3 Å². The van der Waals surface area contributed by atoms with E-state index in [1.54, 1.807) is 42.3 Å². The van der Waals surface area contributed by atoms with Crippen molar-refractivity contribution in [2.75, 3.05) is 32.4 Å². The molecular formula is C28H31F2N5O5S. The Hall–Kier alpha value is -3.84. The monoisotopic (exact) mass is 587 g/mol. The maximum Gasteiger partial charge on any atom is 0.269 e. The number of benzene rings is 2. The lowest BCUT2D eigenvalue weighted by atomic mass is 10.1. The zero-order valence-electron chi connectivity index (χ0n) is 22.8. The third-order valence-corrected chi connectivity index (χ3v) is 8.60. The van der Waals surface area contributed by atoms with E-state index in [2.05, 4.69) is 10.4 Å². The van der Waals surface area contributed by atoms with Gasteiger partial charge in [0.25, 0.3) is 11.8 Å². The highest BCUT2D eigenvalue weighted by molar-refractivity contribution is 7.88. The Kier molecular flexibility index (Phi) is 8.09. The molecule has 0 radical (unpaired) electrons. The van der Waals surface area contributed by atoms with Gasteiger partial charge in [-0.1, -0.05) is 12.1 Å². The Morgan fingerprint density at radius 1 is 1.05 bits per heavy atom. The molecule has 0 unspecified atom stereocenters. The van der Waals surface area contributed by atoms with Gasteiger partial charge in [-0.2, -0.15) is 9.40 Å². The number of carbonyl (C=O) groups excluding carboxylic acids is 2. The van der Waals surface area contributed by atoms with Crippen LogP contribution in [0.15, 0.2) is 42.5 Å². The molecule has 1 aliphatic carbocycles. The number of sulfonamides is 1. The van der Waals surface area contributed by atoms with Gasteiger partial charge in [0.2, 0.25) is 10.0 Å². The quantitative estimate of drug-likeness (QED) is 0.412. The number of amides is 2. The molecule has 218 valence electrons. The molecule has 2 aliphatic rings. The van der Waals surface area contributed by atoms with Gasteiger partial charge in [0, 0.05) is 56.8 Å². The van der Waals surface area contributed by atoms with Crippen molar-refractivity contribution in [3.05, 3.63) is 82.2 Å². The number of nitrogens with one attached hydrogen (secondary N) is 1. The molecule has 1 saturated carbocycles. The van der Waals surface area contributed by atoms with Crippen molar-refractivity contribution < 1.29 is 31.5 Å². The summed E-state index contributed by atoms with van der Waals surface area (Å²) in [6.45, 7) is 0.688. The lowest BCUT2D eigenvalue weighted by Crippen LogP contribution is -2.50. The smallest absolute Gasteiger partial charge is 0.269 e. The van der Waals surface area contributed by atoms with Crippen molar-refractivity contribution in [2.45, 2.75) is 31.9 Å². The van der Waals surface area contributed by atoms with Gasteiger partial charge in [0.15, 0.2) is 11.6 Å². The molecule has 2 aromatic carbocycles. The standard InChI is InChI=1S/C28H31F2N5O5S/c1-33-24(15-23(32-33)19-7-8-19)27(36)31-16-21-22(29)9-10-25(26(21)30)40-17-18-3-5-20(6-4-18)28(37)34-11-13-35(14-12-34)41(2,38)39/h3-6,9-10,15,19H,7-8,11-14,16-17H2,1-2H3,(H,31,36). The van der Waals surface area contributed by atoms with E-state index in [1.165, 1.54) is 15.1 Å². The number of halogens is 2. The number of hydrogen-bond donors (Lipinski definition) is 1. The van der Waals surface area contributed by atoms with Gasteiger partial charge in [0.05, 0.1) is 11.9 Å². The molecule has 0 spiro atoms. The van der Waals surface area contributed by atoms with Gasteiger partial charge >= 0.3 is 0 Å². The molecule has 2 heterocycles. The van der Waals surface area contributed by atoms with Gasteiger partial charge in [-0.15, -0.1) is 0 Å². The molecule has 1 aliphatic heterocycles. The topological polar surface area (TPSA) is 114 Å². The Morgan fingerprint density at radius 2 is 1.73 bits per heavy atom. The molecule has 0 atom stereocenters. The first-order valence-electron chi connectivity index (χ1n) is 13.3. The molecule has 1 N–H and O–H groups in total. The predicted octanol–water partition coefficient (Wildman–Crippen LogP) is 2.80. The van der Waals surface area contributed by atoms with Crippen LogP contribution < -0.4 is 10.1 Å². The predicted molar refractivity (Wildman–Crippen MR) is 146 cm³/mol. The summed E-state index contributed by atoms with van der Waals surface area (Å²) in [5, 5.41) is 6.91. The van der Waals surface area contributed by atoms with Gasteiger partial charge < -0.3 is 15.0 Å². The number of aryl methyl sites for hydroxylation is 1. The number of nitrogens with zero attached hydrogens (tertiary/aromatic N) is 4. The number of aromatic nitrogens is 2. The van der Waals surface area contributed by atoms with Crippen molar-refractivity contribution >= 4 is 21.8 Å². The molecule has 13 heteroatoms. The molecule has 1 aromatic heterocycles. The summed E-state index contributed by atoms with van der Waals surface area (Å²) in [7, 11) is -1.64. The van der Waals surface area contributed by atoms with E-state index in [0.29, 0.717) is 35.8 Å². The number of rotatable bonds is 9. The fourth-order valence-electron chi connectivity index (χ4n) is 4.70. The van der Waals surface area contributed by atoms with Crippen molar-refractivity contribution in [2.24, 2.45) is 7.05 Å². The molecular weight excluding hydrogens is 556 g/mol. The Morgan fingerprint density at radius 3 is 2.37 bits per heavy atom. The second-order valence-electron chi connectivity index (χ2n) is 10.3. The van der Waals surface area contributed by atoms with E-state index in [9.17, 15) is 22.4 Å². The zero-order chi connectivity index (χ0) is 29.3. The van der Waals surface area contributed by atoms with Crippen LogP contribution in [0.4, 0.5) is 8.78 Å². The van der Waals surface area contributed by atoms with Gasteiger partial charge in [-0.05, 0) is 48.7 Å². The summed E-state index contributed by atoms with van der Waals surface area (Å²) in [4.78, 5) is 27.1. The molecule has 2 amide bonds. The van der Waals surface area contributed by atoms with Crippen molar-refractivity contribution in [3.8, 4) is 5.75 Å².